The first kappa shape index (κ1) is 10.1. The molecule has 1 saturated heterocycles. The minimum Gasteiger partial charge on any atom is -0.465 e. The van der Waals surface area contributed by atoms with Gasteiger partial charge < -0.3 is 4.74 Å². The molecule has 3 nitrogen and oxygen atoms in total. The fourth-order valence-electron chi connectivity index (χ4n) is 1.75. The molecule has 1 fully saturated rings. The van der Waals surface area contributed by atoms with Crippen LogP contribution in [0, 0.1) is 0 Å². The molecule has 0 amide bonds. The highest BCUT2D eigenvalue weighted by Gasteiger charge is 2.29. The van der Waals surface area contributed by atoms with Crippen molar-refractivity contribution in [3.8, 4) is 0 Å². The van der Waals surface area contributed by atoms with E-state index in [-0.39, 0.29) is 11.9 Å². The van der Waals surface area contributed by atoms with Gasteiger partial charge in [-0.2, -0.15) is 0 Å². The van der Waals surface area contributed by atoms with Crippen molar-refractivity contribution in [2.24, 2.45) is 0 Å². The molecule has 1 aromatic rings. The van der Waals surface area contributed by atoms with E-state index in [2.05, 4.69) is 18.8 Å². The molecule has 0 aliphatic carbocycles. The van der Waals surface area contributed by atoms with E-state index in [1.807, 2.05) is 18.2 Å². The van der Waals surface area contributed by atoms with Gasteiger partial charge in [0.2, 0.25) is 0 Å². The summed E-state index contributed by atoms with van der Waals surface area (Å²) >= 11 is 0. The van der Waals surface area contributed by atoms with Gasteiger partial charge in [-0.25, -0.2) is 0 Å². The Kier molecular flexibility index (Phi) is 2.71. The molecule has 0 spiro atoms. The minimum absolute atomic E-state index is 0.136. The predicted octanol–water partition coefficient (Wildman–Crippen LogP) is 2.24. The molecule has 2 heterocycles. The van der Waals surface area contributed by atoms with Crippen LogP contribution in [-0.2, 0) is 9.53 Å². The summed E-state index contributed by atoms with van der Waals surface area (Å²) in [6.45, 7) is 4.72. The van der Waals surface area contributed by atoms with Gasteiger partial charge in [-0.15, -0.1) is 0 Å². The van der Waals surface area contributed by atoms with E-state index in [0.29, 0.717) is 12.5 Å². The summed E-state index contributed by atoms with van der Waals surface area (Å²) in [4.78, 5) is 15.9. The number of ether oxygens (including phenoxy) is 1. The number of esters is 1. The van der Waals surface area contributed by atoms with E-state index in [0.717, 1.165) is 17.8 Å². The largest absolute Gasteiger partial charge is 0.465 e. The van der Waals surface area contributed by atoms with Crippen molar-refractivity contribution in [2.75, 3.05) is 6.61 Å². The third kappa shape index (κ3) is 2.01. The zero-order valence-corrected chi connectivity index (χ0v) is 9.06. The second-order valence-corrected chi connectivity index (χ2v) is 4.15. The summed E-state index contributed by atoms with van der Waals surface area (Å²) in [7, 11) is 0. The number of pyridine rings is 1. The number of carbonyl (C=O) groups is 1. The lowest BCUT2D eigenvalue weighted by Gasteiger charge is -2.09. The van der Waals surface area contributed by atoms with Crippen LogP contribution in [0.3, 0.4) is 0 Å². The molecular weight excluding hydrogens is 190 g/mol. The summed E-state index contributed by atoms with van der Waals surface area (Å²) in [5.74, 6) is 0.106. The van der Waals surface area contributed by atoms with Gasteiger partial charge in [-0.05, 0) is 18.1 Å². The SMILES string of the molecule is CC(C)c1cccc(C2CCOC2=O)n1. The highest BCUT2D eigenvalue weighted by molar-refractivity contribution is 5.79. The van der Waals surface area contributed by atoms with Gasteiger partial charge in [0.1, 0.15) is 5.92 Å². The number of hydrogen-bond acceptors (Lipinski definition) is 3. The molecule has 0 aromatic carbocycles. The van der Waals surface area contributed by atoms with Gasteiger partial charge in [0.15, 0.2) is 0 Å². The number of aromatic nitrogens is 1. The van der Waals surface area contributed by atoms with E-state index < -0.39 is 0 Å². The van der Waals surface area contributed by atoms with E-state index in [9.17, 15) is 4.79 Å². The van der Waals surface area contributed by atoms with Crippen LogP contribution < -0.4 is 0 Å². The third-order valence-electron chi connectivity index (χ3n) is 2.68. The Hall–Kier alpha value is -1.38. The minimum atomic E-state index is -0.149. The maximum absolute atomic E-state index is 11.4. The first-order valence-electron chi connectivity index (χ1n) is 5.32. The summed E-state index contributed by atoms with van der Waals surface area (Å²) in [5, 5.41) is 0. The van der Waals surface area contributed by atoms with Crippen LogP contribution in [0.25, 0.3) is 0 Å². The molecule has 0 N–H and O–H groups in total. The van der Waals surface area contributed by atoms with Crippen molar-refractivity contribution in [1.82, 2.24) is 4.98 Å². The molecule has 0 saturated carbocycles. The Morgan fingerprint density at radius 3 is 2.87 bits per heavy atom. The molecule has 0 bridgehead atoms. The monoisotopic (exact) mass is 205 g/mol. The van der Waals surface area contributed by atoms with Crippen molar-refractivity contribution in [3.05, 3.63) is 29.6 Å². The van der Waals surface area contributed by atoms with E-state index in [1.54, 1.807) is 0 Å². The average Bonchev–Trinajstić information content (AvgIpc) is 2.64. The second-order valence-electron chi connectivity index (χ2n) is 4.15. The lowest BCUT2D eigenvalue weighted by atomic mass is 10.0. The number of rotatable bonds is 2. The highest BCUT2D eigenvalue weighted by atomic mass is 16.5. The van der Waals surface area contributed by atoms with Gasteiger partial charge in [0.05, 0.1) is 12.3 Å². The van der Waals surface area contributed by atoms with Crippen molar-refractivity contribution < 1.29 is 9.53 Å². The smallest absolute Gasteiger partial charge is 0.315 e. The van der Waals surface area contributed by atoms with Crippen LogP contribution in [0.4, 0.5) is 0 Å². The quantitative estimate of drug-likeness (QED) is 0.695. The highest BCUT2D eigenvalue weighted by Crippen LogP contribution is 2.26. The molecule has 1 aliphatic heterocycles. The van der Waals surface area contributed by atoms with Crippen LogP contribution in [0.5, 0.6) is 0 Å². The Balaban J connectivity index is 2.28. The zero-order chi connectivity index (χ0) is 10.8. The Morgan fingerprint density at radius 1 is 1.47 bits per heavy atom. The normalized spacial score (nSPS) is 20.7. The summed E-state index contributed by atoms with van der Waals surface area (Å²) in [5.41, 5.74) is 1.89. The van der Waals surface area contributed by atoms with Crippen LogP contribution >= 0.6 is 0 Å². The van der Waals surface area contributed by atoms with Gasteiger partial charge in [-0.1, -0.05) is 19.9 Å². The molecule has 15 heavy (non-hydrogen) atoms. The summed E-state index contributed by atoms with van der Waals surface area (Å²) in [6.07, 6.45) is 0.757. The number of cyclic esters (lactones) is 1. The van der Waals surface area contributed by atoms with Gasteiger partial charge in [0.25, 0.3) is 0 Å². The van der Waals surface area contributed by atoms with Crippen LogP contribution in [0.1, 0.15) is 43.5 Å². The third-order valence-corrected chi connectivity index (χ3v) is 2.68. The van der Waals surface area contributed by atoms with Crippen molar-refractivity contribution in [2.45, 2.75) is 32.1 Å². The standard InChI is InChI=1S/C12H15NO2/c1-8(2)10-4-3-5-11(13-10)9-6-7-15-12(9)14/h3-5,8-9H,6-7H2,1-2H3. The Bertz CT molecular complexity index is 374. The van der Waals surface area contributed by atoms with Gasteiger partial charge in [-0.3, -0.25) is 9.78 Å². The second kappa shape index (κ2) is 4.01. The maximum Gasteiger partial charge on any atom is 0.315 e. The van der Waals surface area contributed by atoms with E-state index >= 15 is 0 Å². The first-order chi connectivity index (χ1) is 7.18. The molecular formula is C12H15NO2. The average molecular weight is 205 g/mol. The van der Waals surface area contributed by atoms with Gasteiger partial charge in [0, 0.05) is 12.1 Å². The number of hydrogen-bond donors (Lipinski definition) is 0. The Labute approximate surface area is 89.5 Å². The van der Waals surface area contributed by atoms with E-state index in [4.69, 9.17) is 4.74 Å². The molecule has 1 aromatic heterocycles. The molecule has 1 atom stereocenters. The summed E-state index contributed by atoms with van der Waals surface area (Å²) < 4.78 is 4.94. The van der Waals surface area contributed by atoms with Crippen molar-refractivity contribution >= 4 is 5.97 Å². The lowest BCUT2D eigenvalue weighted by molar-refractivity contribution is -0.139. The topological polar surface area (TPSA) is 39.2 Å². The number of carbonyl (C=O) groups excluding carboxylic acids is 1. The predicted molar refractivity (Wildman–Crippen MR) is 56.6 cm³/mol. The van der Waals surface area contributed by atoms with Crippen LogP contribution in [0.15, 0.2) is 18.2 Å². The van der Waals surface area contributed by atoms with E-state index in [1.165, 1.54) is 0 Å². The van der Waals surface area contributed by atoms with Crippen LogP contribution in [0.2, 0.25) is 0 Å². The van der Waals surface area contributed by atoms with Crippen molar-refractivity contribution in [3.63, 3.8) is 0 Å². The molecule has 0 radical (unpaired) electrons. The molecule has 3 heteroatoms. The molecule has 1 unspecified atom stereocenters. The number of nitrogens with zero attached hydrogens (tertiary/aromatic N) is 1. The lowest BCUT2D eigenvalue weighted by Crippen LogP contribution is -2.09. The zero-order valence-electron chi connectivity index (χ0n) is 9.06. The Morgan fingerprint density at radius 2 is 2.27 bits per heavy atom. The molecule has 2 rings (SSSR count). The fourth-order valence-corrected chi connectivity index (χ4v) is 1.75. The molecule has 80 valence electrons. The van der Waals surface area contributed by atoms with Crippen molar-refractivity contribution in [1.29, 1.82) is 0 Å². The van der Waals surface area contributed by atoms with Gasteiger partial charge >= 0.3 is 5.97 Å². The summed E-state index contributed by atoms with van der Waals surface area (Å²) in [6, 6.07) is 5.86. The fraction of sp³-hybridized carbons (Fsp3) is 0.500. The maximum atomic E-state index is 11.4. The van der Waals surface area contributed by atoms with Crippen LogP contribution in [-0.4, -0.2) is 17.6 Å². The molecule has 1 aliphatic rings. The first-order valence-corrected chi connectivity index (χ1v) is 5.32.